The van der Waals surface area contributed by atoms with E-state index < -0.39 is 0 Å². The van der Waals surface area contributed by atoms with E-state index in [0.717, 1.165) is 11.3 Å². The van der Waals surface area contributed by atoms with E-state index in [1.54, 1.807) is 18.0 Å². The molecule has 1 aromatic carbocycles. The number of hydrogen-bond acceptors (Lipinski definition) is 4. The number of aromatic nitrogens is 1. The first kappa shape index (κ1) is 17.7. The molecule has 0 aliphatic rings. The molecule has 2 aromatic rings. The first-order valence-electron chi connectivity index (χ1n) is 8.06. The molecule has 0 spiro atoms. The van der Waals surface area contributed by atoms with Gasteiger partial charge in [-0.2, -0.15) is 0 Å². The zero-order valence-electron chi connectivity index (χ0n) is 13.9. The molecule has 5 heteroatoms. The van der Waals surface area contributed by atoms with Crippen molar-refractivity contribution in [3.05, 3.63) is 66.0 Å². The lowest BCUT2D eigenvalue weighted by molar-refractivity contribution is -0.144. The molecule has 1 heterocycles. The zero-order chi connectivity index (χ0) is 17.2. The molecule has 0 bridgehead atoms. The summed E-state index contributed by atoms with van der Waals surface area (Å²) in [5.74, 6) is -0.327. The van der Waals surface area contributed by atoms with Gasteiger partial charge in [0.15, 0.2) is 0 Å². The van der Waals surface area contributed by atoms with Crippen molar-refractivity contribution in [3.8, 4) is 0 Å². The summed E-state index contributed by atoms with van der Waals surface area (Å²) in [5, 5.41) is 0. The number of ether oxygens (including phenoxy) is 1. The van der Waals surface area contributed by atoms with Gasteiger partial charge in [0.25, 0.3) is 0 Å². The number of amides is 1. The molecule has 0 aliphatic heterocycles. The third-order valence-corrected chi connectivity index (χ3v) is 3.52. The molecule has 0 fully saturated rings. The van der Waals surface area contributed by atoms with Crippen LogP contribution in [0.15, 0.2) is 54.7 Å². The lowest BCUT2D eigenvalue weighted by atomic mass is 10.1. The van der Waals surface area contributed by atoms with E-state index in [9.17, 15) is 9.59 Å². The molecule has 0 saturated carbocycles. The normalized spacial score (nSPS) is 10.2. The van der Waals surface area contributed by atoms with Crippen LogP contribution in [0.25, 0.3) is 0 Å². The number of nitrogens with zero attached hydrogens (tertiary/aromatic N) is 2. The van der Waals surface area contributed by atoms with Crippen molar-refractivity contribution in [3.63, 3.8) is 0 Å². The molecular weight excluding hydrogens is 304 g/mol. The van der Waals surface area contributed by atoms with Crippen molar-refractivity contribution in [2.24, 2.45) is 0 Å². The molecule has 126 valence electrons. The Bertz CT molecular complexity index is 644. The summed E-state index contributed by atoms with van der Waals surface area (Å²) in [6.45, 7) is 2.81. The van der Waals surface area contributed by atoms with Crippen molar-refractivity contribution < 1.29 is 14.3 Å². The van der Waals surface area contributed by atoms with Crippen molar-refractivity contribution in [1.29, 1.82) is 0 Å². The predicted octanol–water partition coefficient (Wildman–Crippen LogP) is 2.61. The van der Waals surface area contributed by atoms with Crippen LogP contribution < -0.4 is 0 Å². The largest absolute Gasteiger partial charge is 0.466 e. The van der Waals surface area contributed by atoms with Gasteiger partial charge in [0.1, 0.15) is 0 Å². The van der Waals surface area contributed by atoms with Gasteiger partial charge in [-0.15, -0.1) is 0 Å². The highest BCUT2D eigenvalue weighted by atomic mass is 16.5. The Labute approximate surface area is 142 Å². The number of carbonyl (C=O) groups is 2. The SMILES string of the molecule is CCOC(=O)CCN(Cc1ccccn1)C(=O)Cc1ccccc1. The maximum atomic E-state index is 12.6. The number of carbonyl (C=O) groups excluding carboxylic acids is 2. The van der Waals surface area contributed by atoms with Crippen molar-refractivity contribution >= 4 is 11.9 Å². The fraction of sp³-hybridized carbons (Fsp3) is 0.316. The Morgan fingerprint density at radius 1 is 1.08 bits per heavy atom. The second-order valence-electron chi connectivity index (χ2n) is 5.35. The summed E-state index contributed by atoms with van der Waals surface area (Å²) in [7, 11) is 0. The summed E-state index contributed by atoms with van der Waals surface area (Å²) >= 11 is 0. The molecule has 5 nitrogen and oxygen atoms in total. The van der Waals surface area contributed by atoms with Crippen LogP contribution >= 0.6 is 0 Å². The van der Waals surface area contributed by atoms with Gasteiger partial charge in [-0.05, 0) is 24.6 Å². The van der Waals surface area contributed by atoms with Crippen LogP contribution in [0.1, 0.15) is 24.6 Å². The third-order valence-electron chi connectivity index (χ3n) is 3.52. The van der Waals surface area contributed by atoms with Crippen LogP contribution in [0.5, 0.6) is 0 Å². The van der Waals surface area contributed by atoms with Gasteiger partial charge in [-0.25, -0.2) is 0 Å². The molecule has 0 saturated heterocycles. The fourth-order valence-corrected chi connectivity index (χ4v) is 2.32. The molecule has 2 rings (SSSR count). The van der Waals surface area contributed by atoms with E-state index in [4.69, 9.17) is 4.74 Å². The quantitative estimate of drug-likeness (QED) is 0.700. The minimum absolute atomic E-state index is 0.0313. The van der Waals surface area contributed by atoms with Gasteiger partial charge in [0.05, 0.1) is 31.7 Å². The molecule has 1 amide bonds. The highest BCUT2D eigenvalue weighted by Crippen LogP contribution is 2.08. The van der Waals surface area contributed by atoms with Gasteiger partial charge >= 0.3 is 5.97 Å². The summed E-state index contributed by atoms with van der Waals surface area (Å²) in [5.41, 5.74) is 1.74. The maximum absolute atomic E-state index is 12.6. The lowest BCUT2D eigenvalue weighted by Crippen LogP contribution is -2.34. The van der Waals surface area contributed by atoms with Gasteiger partial charge < -0.3 is 9.64 Å². The smallest absolute Gasteiger partial charge is 0.307 e. The minimum Gasteiger partial charge on any atom is -0.466 e. The lowest BCUT2D eigenvalue weighted by Gasteiger charge is -2.22. The number of pyridine rings is 1. The minimum atomic E-state index is -0.295. The average Bonchev–Trinajstić information content (AvgIpc) is 2.60. The summed E-state index contributed by atoms with van der Waals surface area (Å²) < 4.78 is 4.95. The Morgan fingerprint density at radius 3 is 2.50 bits per heavy atom. The summed E-state index contributed by atoms with van der Waals surface area (Å²) in [6.07, 6.45) is 2.18. The maximum Gasteiger partial charge on any atom is 0.307 e. The van der Waals surface area contributed by atoms with Crippen molar-refractivity contribution in [2.75, 3.05) is 13.2 Å². The molecule has 24 heavy (non-hydrogen) atoms. The van der Waals surface area contributed by atoms with E-state index in [0.29, 0.717) is 26.1 Å². The van der Waals surface area contributed by atoms with Crippen LogP contribution in [0.3, 0.4) is 0 Å². The van der Waals surface area contributed by atoms with Gasteiger partial charge in [0.2, 0.25) is 5.91 Å². The van der Waals surface area contributed by atoms with E-state index in [2.05, 4.69) is 4.98 Å². The highest BCUT2D eigenvalue weighted by molar-refractivity contribution is 5.79. The monoisotopic (exact) mass is 326 g/mol. The molecule has 1 aromatic heterocycles. The van der Waals surface area contributed by atoms with Crippen LogP contribution in [0.2, 0.25) is 0 Å². The summed E-state index contributed by atoms with van der Waals surface area (Å²) in [6, 6.07) is 15.2. The number of hydrogen-bond donors (Lipinski definition) is 0. The number of rotatable bonds is 8. The van der Waals surface area contributed by atoms with Crippen LogP contribution in [0.4, 0.5) is 0 Å². The Kier molecular flexibility index (Phi) is 6.95. The van der Waals surface area contributed by atoms with E-state index >= 15 is 0 Å². The van der Waals surface area contributed by atoms with Crippen molar-refractivity contribution in [1.82, 2.24) is 9.88 Å². The topological polar surface area (TPSA) is 59.5 Å². The van der Waals surface area contributed by atoms with E-state index in [-0.39, 0.29) is 18.3 Å². The van der Waals surface area contributed by atoms with Crippen LogP contribution in [0, 0.1) is 0 Å². The second kappa shape index (κ2) is 9.45. The molecule has 0 unspecified atom stereocenters. The Morgan fingerprint density at radius 2 is 1.83 bits per heavy atom. The molecule has 0 aliphatic carbocycles. The third kappa shape index (κ3) is 5.83. The van der Waals surface area contributed by atoms with Crippen LogP contribution in [-0.4, -0.2) is 34.9 Å². The summed E-state index contributed by atoms with van der Waals surface area (Å²) in [4.78, 5) is 30.2. The fourth-order valence-electron chi connectivity index (χ4n) is 2.32. The zero-order valence-corrected chi connectivity index (χ0v) is 13.9. The van der Waals surface area contributed by atoms with Crippen LogP contribution in [-0.2, 0) is 27.3 Å². The average molecular weight is 326 g/mol. The first-order valence-corrected chi connectivity index (χ1v) is 8.06. The Balaban J connectivity index is 2.03. The van der Waals surface area contributed by atoms with Gasteiger partial charge in [-0.3, -0.25) is 14.6 Å². The second-order valence-corrected chi connectivity index (χ2v) is 5.35. The Hall–Kier alpha value is -2.69. The highest BCUT2D eigenvalue weighted by Gasteiger charge is 2.17. The van der Waals surface area contributed by atoms with E-state index in [1.807, 2.05) is 48.5 Å². The first-order chi connectivity index (χ1) is 11.7. The molecule has 0 N–H and O–H groups in total. The number of esters is 1. The molecule has 0 radical (unpaired) electrons. The van der Waals surface area contributed by atoms with Gasteiger partial charge in [-0.1, -0.05) is 36.4 Å². The van der Waals surface area contributed by atoms with Gasteiger partial charge in [0, 0.05) is 12.7 Å². The molecule has 0 atom stereocenters. The van der Waals surface area contributed by atoms with E-state index in [1.165, 1.54) is 0 Å². The predicted molar refractivity (Wildman–Crippen MR) is 91.1 cm³/mol. The number of benzene rings is 1. The molecular formula is C19H22N2O3. The van der Waals surface area contributed by atoms with Crippen molar-refractivity contribution in [2.45, 2.75) is 26.3 Å². The standard InChI is InChI=1S/C19H22N2O3/c1-2-24-19(23)11-13-21(15-17-10-6-7-12-20-17)18(22)14-16-8-4-3-5-9-16/h3-10,12H,2,11,13-15H2,1H3.